The van der Waals surface area contributed by atoms with Gasteiger partial charge in [-0.3, -0.25) is 0 Å². The highest BCUT2D eigenvalue weighted by Gasteiger charge is 2.27. The molecule has 0 aliphatic heterocycles. The van der Waals surface area contributed by atoms with Crippen molar-refractivity contribution in [2.24, 2.45) is 0 Å². The van der Waals surface area contributed by atoms with Crippen LogP contribution in [0.15, 0.2) is 30.6 Å². The largest absolute Gasteiger partial charge is 0.505 e. The van der Waals surface area contributed by atoms with E-state index in [9.17, 15) is 9.50 Å². The van der Waals surface area contributed by atoms with Crippen molar-refractivity contribution < 1.29 is 9.50 Å². The third-order valence-corrected chi connectivity index (χ3v) is 6.33. The topological polar surface area (TPSA) is 50.9 Å². The molecule has 0 saturated carbocycles. The number of aromatic nitrogens is 3. The molecular formula is C20H12Cl4FN3O. The number of hydrogen-bond donors (Lipinski definition) is 1. The monoisotopic (exact) mass is 469 g/mol. The average molecular weight is 471 g/mol. The van der Waals surface area contributed by atoms with Crippen molar-refractivity contribution in [1.29, 1.82) is 0 Å². The first kappa shape index (κ1) is 20.2. The third kappa shape index (κ3) is 3.04. The lowest BCUT2D eigenvalue weighted by molar-refractivity contribution is 0.475. The van der Waals surface area contributed by atoms with Gasteiger partial charge in [-0.05, 0) is 49.2 Å². The standard InChI is InChI=1S/C20H12Cl4FN3O/c1-8-12(21)19(29)13(22)9(2)16(8)28-17(10-3-5-11(25)6-4-10)14(23)15-18(28)20(24)27-7-26-15/h3-7,29H,1-2H3. The second kappa shape index (κ2) is 7.33. The van der Waals surface area contributed by atoms with E-state index in [0.29, 0.717) is 44.1 Å². The van der Waals surface area contributed by atoms with E-state index in [0.717, 1.165) is 0 Å². The van der Waals surface area contributed by atoms with Gasteiger partial charge in [0, 0.05) is 5.56 Å². The van der Waals surface area contributed by atoms with Gasteiger partial charge in [-0.1, -0.05) is 46.4 Å². The molecule has 2 aromatic carbocycles. The van der Waals surface area contributed by atoms with Gasteiger partial charge in [0.05, 0.1) is 26.4 Å². The minimum Gasteiger partial charge on any atom is -0.505 e. The molecule has 0 aliphatic carbocycles. The van der Waals surface area contributed by atoms with Crippen LogP contribution < -0.4 is 0 Å². The van der Waals surface area contributed by atoms with Crippen molar-refractivity contribution in [3.05, 3.63) is 67.8 Å². The predicted molar refractivity (Wildman–Crippen MR) is 115 cm³/mol. The summed E-state index contributed by atoms with van der Waals surface area (Å²) >= 11 is 25.8. The Labute approximate surface area is 185 Å². The van der Waals surface area contributed by atoms with Crippen molar-refractivity contribution in [2.75, 3.05) is 0 Å². The van der Waals surface area contributed by atoms with Crippen molar-refractivity contribution in [1.82, 2.24) is 14.5 Å². The highest BCUT2D eigenvalue weighted by atomic mass is 35.5. The van der Waals surface area contributed by atoms with Crippen molar-refractivity contribution in [3.8, 4) is 22.7 Å². The van der Waals surface area contributed by atoms with E-state index >= 15 is 0 Å². The smallest absolute Gasteiger partial charge is 0.157 e. The summed E-state index contributed by atoms with van der Waals surface area (Å²) in [6.45, 7) is 3.49. The molecule has 0 radical (unpaired) electrons. The van der Waals surface area contributed by atoms with Crippen LogP contribution in [-0.2, 0) is 0 Å². The fourth-order valence-corrected chi connectivity index (χ4v) is 4.37. The zero-order chi connectivity index (χ0) is 21.0. The lowest BCUT2D eigenvalue weighted by Crippen LogP contribution is -2.05. The number of hydrogen-bond acceptors (Lipinski definition) is 3. The van der Waals surface area contributed by atoms with Gasteiger partial charge in [0.2, 0.25) is 0 Å². The molecule has 1 N–H and O–H groups in total. The first-order chi connectivity index (χ1) is 13.7. The number of aromatic hydroxyl groups is 1. The minimum absolute atomic E-state index is 0.103. The summed E-state index contributed by atoms with van der Waals surface area (Å²) in [5, 5.41) is 10.9. The van der Waals surface area contributed by atoms with Gasteiger partial charge < -0.3 is 9.67 Å². The second-order valence-electron chi connectivity index (χ2n) is 6.44. The Morgan fingerprint density at radius 2 is 1.48 bits per heavy atom. The van der Waals surface area contributed by atoms with Crippen LogP contribution in [0.5, 0.6) is 5.75 Å². The molecule has 4 nitrogen and oxygen atoms in total. The molecule has 4 aromatic rings. The summed E-state index contributed by atoms with van der Waals surface area (Å²) in [7, 11) is 0. The van der Waals surface area contributed by atoms with Crippen LogP contribution in [0.25, 0.3) is 28.0 Å². The van der Waals surface area contributed by atoms with E-state index < -0.39 is 0 Å². The van der Waals surface area contributed by atoms with E-state index in [2.05, 4.69) is 9.97 Å². The molecule has 2 aromatic heterocycles. The Hall–Kier alpha value is -2.05. The van der Waals surface area contributed by atoms with Gasteiger partial charge in [-0.15, -0.1) is 0 Å². The molecule has 0 saturated heterocycles. The molecule has 4 rings (SSSR count). The molecule has 0 unspecified atom stereocenters. The van der Waals surface area contributed by atoms with E-state index in [1.807, 2.05) is 0 Å². The zero-order valence-corrected chi connectivity index (χ0v) is 18.1. The van der Waals surface area contributed by atoms with Crippen LogP contribution in [0.2, 0.25) is 20.2 Å². The normalized spacial score (nSPS) is 11.4. The highest BCUT2D eigenvalue weighted by molar-refractivity contribution is 6.41. The van der Waals surface area contributed by atoms with Crippen LogP contribution in [0.4, 0.5) is 4.39 Å². The lowest BCUT2D eigenvalue weighted by atomic mass is 10.1. The maximum atomic E-state index is 13.5. The predicted octanol–water partition coefficient (Wildman–Crippen LogP) is 7.16. The number of halogens is 5. The van der Waals surface area contributed by atoms with Gasteiger partial charge >= 0.3 is 0 Å². The summed E-state index contributed by atoms with van der Waals surface area (Å²) in [6, 6.07) is 5.86. The van der Waals surface area contributed by atoms with E-state index in [1.165, 1.54) is 18.5 Å². The number of phenols is 1. The fraction of sp³-hybridized carbons (Fsp3) is 0.100. The molecule has 2 heterocycles. The number of rotatable bonds is 2. The van der Waals surface area contributed by atoms with Crippen molar-refractivity contribution in [2.45, 2.75) is 13.8 Å². The summed E-state index contributed by atoms with van der Waals surface area (Å²) in [6.07, 6.45) is 1.31. The maximum absolute atomic E-state index is 13.5. The van der Waals surface area contributed by atoms with Gasteiger partial charge in [-0.2, -0.15) is 0 Å². The molecule has 0 fully saturated rings. The number of nitrogens with zero attached hydrogens (tertiary/aromatic N) is 3. The van der Waals surface area contributed by atoms with E-state index in [1.54, 1.807) is 30.5 Å². The number of fused-ring (bicyclic) bond motifs is 1. The van der Waals surface area contributed by atoms with Gasteiger partial charge in [0.1, 0.15) is 23.2 Å². The first-order valence-corrected chi connectivity index (χ1v) is 9.89. The van der Waals surface area contributed by atoms with Crippen LogP contribution in [-0.4, -0.2) is 19.6 Å². The minimum atomic E-state index is -0.381. The Morgan fingerprint density at radius 1 is 0.897 bits per heavy atom. The summed E-state index contributed by atoms with van der Waals surface area (Å²) in [5.41, 5.74) is 3.71. The van der Waals surface area contributed by atoms with E-state index in [-0.39, 0.29) is 26.8 Å². The van der Waals surface area contributed by atoms with Crippen LogP contribution in [0.1, 0.15) is 11.1 Å². The molecule has 0 aliphatic rings. The van der Waals surface area contributed by atoms with Gasteiger partial charge in [0.15, 0.2) is 10.9 Å². The SMILES string of the molecule is Cc1c(Cl)c(O)c(Cl)c(C)c1-n1c(-c2ccc(F)cc2)c(Cl)c2ncnc(Cl)c21. The third-order valence-electron chi connectivity index (χ3n) is 4.77. The van der Waals surface area contributed by atoms with Gasteiger partial charge in [0.25, 0.3) is 0 Å². The molecule has 0 amide bonds. The Balaban J connectivity index is 2.24. The summed E-state index contributed by atoms with van der Waals surface area (Å²) in [4.78, 5) is 8.35. The average Bonchev–Trinajstić information content (AvgIpc) is 2.99. The Kier molecular flexibility index (Phi) is 5.11. The molecular weight excluding hydrogens is 459 g/mol. The highest BCUT2D eigenvalue weighted by Crippen LogP contribution is 2.46. The quantitative estimate of drug-likeness (QED) is 0.316. The zero-order valence-electron chi connectivity index (χ0n) is 15.1. The second-order valence-corrected chi connectivity index (χ2v) is 7.93. The summed E-state index contributed by atoms with van der Waals surface area (Å²) < 4.78 is 15.3. The maximum Gasteiger partial charge on any atom is 0.157 e. The van der Waals surface area contributed by atoms with Crippen molar-refractivity contribution >= 4 is 57.4 Å². The Morgan fingerprint density at radius 3 is 2.07 bits per heavy atom. The molecule has 0 spiro atoms. The number of phenolic OH excluding ortho intramolecular Hbond substituents is 1. The first-order valence-electron chi connectivity index (χ1n) is 8.37. The fourth-order valence-electron chi connectivity index (χ4n) is 3.40. The van der Waals surface area contributed by atoms with Crippen LogP contribution in [0.3, 0.4) is 0 Å². The summed E-state index contributed by atoms with van der Waals surface area (Å²) in [5.74, 6) is -0.589. The van der Waals surface area contributed by atoms with Crippen molar-refractivity contribution in [3.63, 3.8) is 0 Å². The molecule has 0 bridgehead atoms. The molecule has 148 valence electrons. The van der Waals surface area contributed by atoms with Crippen LogP contribution in [0, 0.1) is 19.7 Å². The molecule has 0 atom stereocenters. The number of benzene rings is 2. The Bertz CT molecular complexity index is 1260. The van der Waals surface area contributed by atoms with E-state index in [4.69, 9.17) is 46.4 Å². The molecule has 9 heteroatoms. The van der Waals surface area contributed by atoms with Gasteiger partial charge in [-0.25, -0.2) is 14.4 Å². The molecule has 29 heavy (non-hydrogen) atoms. The lowest BCUT2D eigenvalue weighted by Gasteiger charge is -2.20. The van der Waals surface area contributed by atoms with Crippen LogP contribution >= 0.6 is 46.4 Å².